The molecule has 1 N–H and O–H groups in total. The van der Waals surface area contributed by atoms with Gasteiger partial charge >= 0.3 is 35.8 Å². The molecule has 0 radical (unpaired) electrons. The topological polar surface area (TPSA) is 178 Å². The lowest BCUT2D eigenvalue weighted by Crippen LogP contribution is -2.64. The van der Waals surface area contributed by atoms with Gasteiger partial charge in [0.25, 0.3) is 0 Å². The molecular formula is C42H48O13. The first kappa shape index (κ1) is 40.9. The third-order valence-electron chi connectivity index (χ3n) is 11.3. The van der Waals surface area contributed by atoms with Crippen LogP contribution in [0.15, 0.2) is 84.0 Å². The Balaban J connectivity index is 1.95. The number of rotatable bonds is 9. The summed E-state index contributed by atoms with van der Waals surface area (Å²) in [7, 11) is 0. The van der Waals surface area contributed by atoms with E-state index >= 15 is 0 Å². The van der Waals surface area contributed by atoms with E-state index in [9.17, 15) is 33.9 Å². The summed E-state index contributed by atoms with van der Waals surface area (Å²) < 4.78 is 36.9. The number of carbonyl (C=O) groups is 6. The summed E-state index contributed by atoms with van der Waals surface area (Å²) in [5.41, 5.74) is -4.41. The van der Waals surface area contributed by atoms with E-state index < -0.39 is 94.8 Å². The fourth-order valence-electron chi connectivity index (χ4n) is 9.00. The molecule has 13 nitrogen and oxygen atoms in total. The van der Waals surface area contributed by atoms with Gasteiger partial charge in [-0.25, -0.2) is 9.59 Å². The zero-order valence-corrected chi connectivity index (χ0v) is 32.3. The fraction of sp³-hybridized carbons (Fsp3) is 0.476. The first-order valence-corrected chi connectivity index (χ1v) is 18.1. The summed E-state index contributed by atoms with van der Waals surface area (Å²) >= 11 is 0. The standard InChI is InChI=1S/C42H48O13/c1-22-30(50-24(3)43)20-32(52-26(5)45)41(9)34(22)36(55-39(48)29-18-14-11-15-19-29)42(40(7,8)49)21-31(51-25(4)44)23(2)33(42)35(37(41)53-27(6)46)54-38(47)28-16-12-10-13-17-28/h10-19,30-32,34-37,49H,1,20-21H2,2-9H3/t30-,31-,32-,34-,35+,36-,37-,41+,42-/m0/s1. The summed E-state index contributed by atoms with van der Waals surface area (Å²) in [6, 6.07) is 16.1. The summed E-state index contributed by atoms with van der Waals surface area (Å²) in [4.78, 5) is 80.0. The molecule has 2 saturated carbocycles. The highest BCUT2D eigenvalue weighted by Crippen LogP contribution is 2.66. The highest BCUT2D eigenvalue weighted by Gasteiger charge is 2.74. The van der Waals surface area contributed by atoms with Crippen LogP contribution in [-0.4, -0.2) is 83.1 Å². The van der Waals surface area contributed by atoms with Crippen LogP contribution < -0.4 is 0 Å². The molecule has 2 aromatic carbocycles. The zero-order chi connectivity index (χ0) is 40.6. The Morgan fingerprint density at radius 1 is 0.691 bits per heavy atom. The van der Waals surface area contributed by atoms with Crippen molar-refractivity contribution in [2.45, 2.75) is 110 Å². The van der Waals surface area contributed by atoms with E-state index in [0.717, 1.165) is 6.92 Å². The minimum absolute atomic E-state index is 0.142. The molecule has 0 bridgehead atoms. The molecule has 0 spiro atoms. The number of hydrogen-bond donors (Lipinski definition) is 1. The van der Waals surface area contributed by atoms with Crippen molar-refractivity contribution >= 4 is 35.8 Å². The van der Waals surface area contributed by atoms with Crippen molar-refractivity contribution in [1.82, 2.24) is 0 Å². The minimum atomic E-state index is -1.91. The average Bonchev–Trinajstić information content (AvgIpc) is 3.36. The van der Waals surface area contributed by atoms with Gasteiger partial charge in [-0.3, -0.25) is 19.2 Å². The Bertz CT molecular complexity index is 1890. The minimum Gasteiger partial charge on any atom is -0.462 e. The second kappa shape index (κ2) is 15.4. The molecular weight excluding hydrogens is 712 g/mol. The van der Waals surface area contributed by atoms with Gasteiger partial charge in [-0.1, -0.05) is 49.9 Å². The Morgan fingerprint density at radius 3 is 1.64 bits per heavy atom. The van der Waals surface area contributed by atoms with Crippen molar-refractivity contribution in [1.29, 1.82) is 0 Å². The maximum atomic E-state index is 14.4. The first-order valence-electron chi connectivity index (χ1n) is 18.1. The number of aliphatic hydroxyl groups is 1. The monoisotopic (exact) mass is 760 g/mol. The largest absolute Gasteiger partial charge is 0.462 e. The van der Waals surface area contributed by atoms with Crippen molar-refractivity contribution in [2.75, 3.05) is 0 Å². The quantitative estimate of drug-likeness (QED) is 0.200. The predicted octanol–water partition coefficient (Wildman–Crippen LogP) is 5.24. The molecule has 0 amide bonds. The molecule has 0 aliphatic heterocycles. The molecule has 2 aromatic rings. The van der Waals surface area contributed by atoms with Crippen LogP contribution in [0.1, 0.15) is 88.9 Å². The van der Waals surface area contributed by atoms with Gasteiger partial charge in [0.1, 0.15) is 24.4 Å². The van der Waals surface area contributed by atoms with Gasteiger partial charge in [0.05, 0.1) is 27.6 Å². The molecule has 294 valence electrons. The van der Waals surface area contributed by atoms with Gasteiger partial charge in [-0.05, 0) is 61.8 Å². The highest BCUT2D eigenvalue weighted by molar-refractivity contribution is 5.90. The van der Waals surface area contributed by atoms with Gasteiger partial charge in [0, 0.05) is 46.5 Å². The molecule has 0 aromatic heterocycles. The fourth-order valence-corrected chi connectivity index (χ4v) is 9.00. The number of ether oxygens (including phenoxy) is 6. The lowest BCUT2D eigenvalue weighted by atomic mass is 9.54. The second-order valence-electron chi connectivity index (χ2n) is 15.2. The Morgan fingerprint density at radius 2 is 1.16 bits per heavy atom. The smallest absolute Gasteiger partial charge is 0.338 e. The average molecular weight is 761 g/mol. The van der Waals surface area contributed by atoms with Crippen LogP contribution in [0.4, 0.5) is 0 Å². The van der Waals surface area contributed by atoms with Gasteiger partial charge in [0.2, 0.25) is 0 Å². The van der Waals surface area contributed by atoms with Gasteiger partial charge in [-0.15, -0.1) is 0 Å². The Labute approximate surface area is 319 Å². The third-order valence-corrected chi connectivity index (χ3v) is 11.3. The summed E-state index contributed by atoms with van der Waals surface area (Å²) in [6.45, 7) is 15.4. The van der Waals surface area contributed by atoms with E-state index in [1.165, 1.54) is 46.8 Å². The molecule has 2 fully saturated rings. The van der Waals surface area contributed by atoms with Crippen LogP contribution in [0.2, 0.25) is 0 Å². The van der Waals surface area contributed by atoms with Crippen LogP contribution in [0, 0.1) is 16.7 Å². The molecule has 9 atom stereocenters. The molecule has 3 aliphatic rings. The number of benzene rings is 2. The molecule has 0 saturated heterocycles. The van der Waals surface area contributed by atoms with Gasteiger partial charge in [0.15, 0.2) is 12.2 Å². The Hall–Kier alpha value is -5.30. The normalized spacial score (nSPS) is 30.1. The van der Waals surface area contributed by atoms with Crippen molar-refractivity contribution in [2.24, 2.45) is 16.7 Å². The predicted molar refractivity (Wildman–Crippen MR) is 195 cm³/mol. The third kappa shape index (κ3) is 7.54. The SMILES string of the molecule is C=C1[C@@H](OC(C)=O)C[C@H](OC(C)=O)[C@@]2(C)[C@@H](OC(C)=O)[C@H](OC(=O)c3ccccc3)C3=C(C)[C@@H](OC(C)=O)C[C@@]3(C(C)(C)O)[C@@H](OC(=O)c3ccccc3)[C@H]12. The van der Waals surface area contributed by atoms with E-state index in [1.54, 1.807) is 62.4 Å². The molecule has 55 heavy (non-hydrogen) atoms. The first-order chi connectivity index (χ1) is 25.7. The van der Waals surface area contributed by atoms with Crippen molar-refractivity contribution in [3.05, 3.63) is 95.1 Å². The second-order valence-corrected chi connectivity index (χ2v) is 15.2. The molecule has 0 heterocycles. The van der Waals surface area contributed by atoms with Gasteiger partial charge in [-0.2, -0.15) is 0 Å². The van der Waals surface area contributed by atoms with E-state index in [4.69, 9.17) is 28.4 Å². The summed E-state index contributed by atoms with van der Waals surface area (Å²) in [6.07, 6.45) is -8.43. The van der Waals surface area contributed by atoms with E-state index in [-0.39, 0.29) is 35.1 Å². The summed E-state index contributed by atoms with van der Waals surface area (Å²) in [5, 5.41) is 12.7. The lowest BCUT2D eigenvalue weighted by molar-refractivity contribution is -0.209. The number of esters is 6. The zero-order valence-electron chi connectivity index (χ0n) is 32.3. The molecule has 13 heteroatoms. The highest BCUT2D eigenvalue weighted by atomic mass is 16.6. The van der Waals surface area contributed by atoms with E-state index in [1.807, 2.05) is 0 Å². The number of hydrogen-bond acceptors (Lipinski definition) is 13. The van der Waals surface area contributed by atoms with Crippen molar-refractivity contribution in [3.63, 3.8) is 0 Å². The molecule has 5 rings (SSSR count). The maximum absolute atomic E-state index is 14.4. The molecule has 3 aliphatic carbocycles. The number of fused-ring (bicyclic) bond motifs is 2. The van der Waals surface area contributed by atoms with E-state index in [0.29, 0.717) is 5.57 Å². The maximum Gasteiger partial charge on any atom is 0.338 e. The van der Waals surface area contributed by atoms with Crippen LogP contribution in [0.3, 0.4) is 0 Å². The van der Waals surface area contributed by atoms with Crippen LogP contribution in [0.5, 0.6) is 0 Å². The van der Waals surface area contributed by atoms with E-state index in [2.05, 4.69) is 6.58 Å². The van der Waals surface area contributed by atoms with Crippen LogP contribution >= 0.6 is 0 Å². The lowest BCUT2D eigenvalue weighted by Gasteiger charge is -2.56. The van der Waals surface area contributed by atoms with Crippen molar-refractivity contribution in [3.8, 4) is 0 Å². The van der Waals surface area contributed by atoms with Crippen LogP contribution in [0.25, 0.3) is 0 Å². The van der Waals surface area contributed by atoms with Crippen LogP contribution in [-0.2, 0) is 47.6 Å². The van der Waals surface area contributed by atoms with Crippen molar-refractivity contribution < 1.29 is 62.3 Å². The molecule has 0 unspecified atom stereocenters. The Kier molecular flexibility index (Phi) is 11.5. The van der Waals surface area contributed by atoms with Gasteiger partial charge < -0.3 is 33.5 Å². The number of carbonyl (C=O) groups excluding carboxylic acids is 6. The summed E-state index contributed by atoms with van der Waals surface area (Å²) in [5.74, 6) is -5.79.